The largest absolute Gasteiger partial charge is 0.389 e. The maximum Gasteiger partial charge on any atom is 0.0809 e. The molecular weight excluding hydrogens is 202 g/mol. The lowest BCUT2D eigenvalue weighted by molar-refractivity contribution is -0.161. The number of hydrogen-bond acceptors (Lipinski definition) is 3. The number of nitrogens with zero attached hydrogens (tertiary/aromatic N) is 1. The molecule has 0 amide bonds. The van der Waals surface area contributed by atoms with Crippen molar-refractivity contribution < 1.29 is 9.84 Å². The first-order valence-corrected chi connectivity index (χ1v) is 6.70. The highest BCUT2D eigenvalue weighted by molar-refractivity contribution is 4.96. The monoisotopic (exact) mass is 227 g/mol. The lowest BCUT2D eigenvalue weighted by Gasteiger charge is -2.49. The second kappa shape index (κ2) is 4.63. The van der Waals surface area contributed by atoms with E-state index in [0.29, 0.717) is 0 Å². The van der Waals surface area contributed by atoms with Crippen LogP contribution in [0.15, 0.2) is 0 Å². The summed E-state index contributed by atoms with van der Waals surface area (Å²) < 4.78 is 5.89. The van der Waals surface area contributed by atoms with Gasteiger partial charge in [-0.25, -0.2) is 0 Å². The number of aliphatic hydroxyl groups is 1. The number of morpholine rings is 1. The van der Waals surface area contributed by atoms with Gasteiger partial charge in [-0.3, -0.25) is 4.90 Å². The third kappa shape index (κ3) is 2.41. The van der Waals surface area contributed by atoms with Gasteiger partial charge in [0, 0.05) is 19.6 Å². The van der Waals surface area contributed by atoms with E-state index in [2.05, 4.69) is 18.7 Å². The van der Waals surface area contributed by atoms with Gasteiger partial charge in [0.25, 0.3) is 0 Å². The van der Waals surface area contributed by atoms with Crippen molar-refractivity contribution in [3.05, 3.63) is 0 Å². The standard InChI is InChI=1S/C13H25NO2/c1-3-12(15,4-2)10-14-8-9-16-13(11-14)6-5-7-13/h15H,3-11H2,1-2H3. The summed E-state index contributed by atoms with van der Waals surface area (Å²) in [4.78, 5) is 2.40. The number of β-amino-alcohol motifs (C(OH)–C–C–N with tert-alkyl or cyclic N) is 1. The van der Waals surface area contributed by atoms with Crippen molar-refractivity contribution >= 4 is 0 Å². The van der Waals surface area contributed by atoms with Gasteiger partial charge in [0.1, 0.15) is 0 Å². The van der Waals surface area contributed by atoms with Crippen LogP contribution in [0.2, 0.25) is 0 Å². The van der Waals surface area contributed by atoms with Crippen molar-refractivity contribution in [2.75, 3.05) is 26.2 Å². The fourth-order valence-corrected chi connectivity index (χ4v) is 2.82. The molecule has 0 aromatic heterocycles. The van der Waals surface area contributed by atoms with Gasteiger partial charge in [-0.05, 0) is 32.1 Å². The van der Waals surface area contributed by atoms with Crippen LogP contribution < -0.4 is 0 Å². The molecule has 3 heteroatoms. The summed E-state index contributed by atoms with van der Waals surface area (Å²) in [6.07, 6.45) is 5.40. The minimum Gasteiger partial charge on any atom is -0.389 e. The van der Waals surface area contributed by atoms with Gasteiger partial charge in [0.15, 0.2) is 0 Å². The highest BCUT2D eigenvalue weighted by Crippen LogP contribution is 2.38. The molecular formula is C13H25NO2. The van der Waals surface area contributed by atoms with Crippen LogP contribution in [0, 0.1) is 0 Å². The molecule has 1 aliphatic heterocycles. The van der Waals surface area contributed by atoms with E-state index in [4.69, 9.17) is 4.74 Å². The van der Waals surface area contributed by atoms with E-state index >= 15 is 0 Å². The van der Waals surface area contributed by atoms with Crippen LogP contribution in [-0.2, 0) is 4.74 Å². The Morgan fingerprint density at radius 2 is 2.00 bits per heavy atom. The van der Waals surface area contributed by atoms with Crippen molar-refractivity contribution in [2.45, 2.75) is 57.2 Å². The van der Waals surface area contributed by atoms with Gasteiger partial charge in [-0.2, -0.15) is 0 Å². The van der Waals surface area contributed by atoms with Gasteiger partial charge < -0.3 is 9.84 Å². The van der Waals surface area contributed by atoms with Gasteiger partial charge in [0.2, 0.25) is 0 Å². The Morgan fingerprint density at radius 3 is 2.50 bits per heavy atom. The first-order chi connectivity index (χ1) is 7.61. The molecule has 0 aromatic carbocycles. The Bertz CT molecular complexity index is 234. The molecule has 1 saturated carbocycles. The Balaban J connectivity index is 1.89. The topological polar surface area (TPSA) is 32.7 Å². The van der Waals surface area contributed by atoms with Gasteiger partial charge in [-0.1, -0.05) is 13.8 Å². The van der Waals surface area contributed by atoms with Crippen LogP contribution in [0.5, 0.6) is 0 Å². The maximum atomic E-state index is 10.4. The van der Waals surface area contributed by atoms with Crippen LogP contribution >= 0.6 is 0 Å². The van der Waals surface area contributed by atoms with Crippen LogP contribution in [0.1, 0.15) is 46.0 Å². The van der Waals surface area contributed by atoms with Crippen LogP contribution in [-0.4, -0.2) is 47.4 Å². The fourth-order valence-electron chi connectivity index (χ4n) is 2.82. The zero-order valence-electron chi connectivity index (χ0n) is 10.7. The average molecular weight is 227 g/mol. The smallest absolute Gasteiger partial charge is 0.0809 e. The summed E-state index contributed by atoms with van der Waals surface area (Å²) in [6, 6.07) is 0. The van der Waals surface area contributed by atoms with Gasteiger partial charge in [0.05, 0.1) is 17.8 Å². The molecule has 1 saturated heterocycles. The Labute approximate surface area is 98.8 Å². The fraction of sp³-hybridized carbons (Fsp3) is 1.00. The molecule has 1 N–H and O–H groups in total. The molecule has 0 radical (unpaired) electrons. The van der Waals surface area contributed by atoms with E-state index in [1.807, 2.05) is 0 Å². The zero-order valence-corrected chi connectivity index (χ0v) is 10.7. The molecule has 0 atom stereocenters. The summed E-state index contributed by atoms with van der Waals surface area (Å²) in [5, 5.41) is 10.4. The molecule has 1 heterocycles. The molecule has 0 aromatic rings. The SMILES string of the molecule is CCC(O)(CC)CN1CCOC2(CCC2)C1. The minimum absolute atomic E-state index is 0.153. The normalized spacial score (nSPS) is 25.7. The molecule has 2 fully saturated rings. The van der Waals surface area contributed by atoms with Crippen molar-refractivity contribution in [3.63, 3.8) is 0 Å². The number of rotatable bonds is 4. The number of hydrogen-bond donors (Lipinski definition) is 1. The summed E-state index contributed by atoms with van der Waals surface area (Å²) in [5.41, 5.74) is -0.344. The second-order valence-electron chi connectivity index (χ2n) is 5.53. The van der Waals surface area contributed by atoms with E-state index < -0.39 is 5.60 Å². The van der Waals surface area contributed by atoms with Crippen molar-refractivity contribution in [3.8, 4) is 0 Å². The Kier molecular flexibility index (Phi) is 3.57. The third-order valence-corrected chi connectivity index (χ3v) is 4.43. The van der Waals surface area contributed by atoms with Crippen LogP contribution in [0.4, 0.5) is 0 Å². The molecule has 94 valence electrons. The number of ether oxygens (including phenoxy) is 1. The zero-order chi connectivity index (χ0) is 11.6. The van der Waals surface area contributed by atoms with Crippen molar-refractivity contribution in [1.82, 2.24) is 4.90 Å². The van der Waals surface area contributed by atoms with Crippen LogP contribution in [0.25, 0.3) is 0 Å². The Hall–Kier alpha value is -0.120. The first-order valence-electron chi connectivity index (χ1n) is 6.70. The predicted molar refractivity (Wildman–Crippen MR) is 64.5 cm³/mol. The molecule has 1 aliphatic carbocycles. The molecule has 2 rings (SSSR count). The van der Waals surface area contributed by atoms with Gasteiger partial charge in [-0.15, -0.1) is 0 Å². The van der Waals surface area contributed by atoms with Crippen LogP contribution in [0.3, 0.4) is 0 Å². The van der Waals surface area contributed by atoms with E-state index in [1.165, 1.54) is 19.3 Å². The Morgan fingerprint density at radius 1 is 1.31 bits per heavy atom. The summed E-state index contributed by atoms with van der Waals surface area (Å²) in [6.45, 7) is 7.79. The average Bonchev–Trinajstić information content (AvgIpc) is 2.27. The predicted octanol–water partition coefficient (Wildman–Crippen LogP) is 1.79. The van der Waals surface area contributed by atoms with E-state index in [1.54, 1.807) is 0 Å². The quantitative estimate of drug-likeness (QED) is 0.795. The summed E-state index contributed by atoms with van der Waals surface area (Å²) in [5.74, 6) is 0. The molecule has 2 aliphatic rings. The molecule has 1 spiro atoms. The third-order valence-electron chi connectivity index (χ3n) is 4.43. The van der Waals surface area contributed by atoms with Crippen molar-refractivity contribution in [2.24, 2.45) is 0 Å². The highest BCUT2D eigenvalue weighted by Gasteiger charge is 2.43. The molecule has 16 heavy (non-hydrogen) atoms. The molecule has 3 nitrogen and oxygen atoms in total. The minimum atomic E-state index is -0.498. The first kappa shape index (κ1) is 12.3. The lowest BCUT2D eigenvalue weighted by atomic mass is 9.78. The van der Waals surface area contributed by atoms with E-state index in [9.17, 15) is 5.11 Å². The summed E-state index contributed by atoms with van der Waals surface area (Å²) in [7, 11) is 0. The van der Waals surface area contributed by atoms with E-state index in [-0.39, 0.29) is 5.60 Å². The highest BCUT2D eigenvalue weighted by atomic mass is 16.5. The summed E-state index contributed by atoms with van der Waals surface area (Å²) >= 11 is 0. The molecule has 0 bridgehead atoms. The van der Waals surface area contributed by atoms with Crippen molar-refractivity contribution in [1.29, 1.82) is 0 Å². The van der Waals surface area contributed by atoms with E-state index in [0.717, 1.165) is 39.1 Å². The van der Waals surface area contributed by atoms with Gasteiger partial charge >= 0.3 is 0 Å². The lowest BCUT2D eigenvalue weighted by Crippen LogP contribution is -2.58. The maximum absolute atomic E-state index is 10.4. The second-order valence-corrected chi connectivity index (χ2v) is 5.53. The molecule has 0 unspecified atom stereocenters.